The number of methoxy groups -OCH3 is 2. The van der Waals surface area contributed by atoms with Crippen molar-refractivity contribution in [3.63, 3.8) is 0 Å². The minimum atomic E-state index is -0.0566. The summed E-state index contributed by atoms with van der Waals surface area (Å²) in [6, 6.07) is 13.8. The van der Waals surface area contributed by atoms with Crippen LogP contribution in [0.5, 0.6) is 11.5 Å². The molecule has 0 atom stereocenters. The van der Waals surface area contributed by atoms with Gasteiger partial charge >= 0.3 is 0 Å². The molecule has 7 heteroatoms. The molecule has 0 aliphatic heterocycles. The number of rotatable bonds is 7. The molecule has 0 saturated heterocycles. The number of hydrogen-bond acceptors (Lipinski definition) is 6. The van der Waals surface area contributed by atoms with Crippen molar-refractivity contribution in [3.05, 3.63) is 48.0 Å². The van der Waals surface area contributed by atoms with Crippen LogP contribution < -0.4 is 14.8 Å². The van der Waals surface area contributed by atoms with Crippen molar-refractivity contribution in [1.29, 1.82) is 0 Å². The summed E-state index contributed by atoms with van der Waals surface area (Å²) < 4.78 is 11.5. The Morgan fingerprint density at radius 1 is 1.16 bits per heavy atom. The Bertz CT molecular complexity index is 824. The van der Waals surface area contributed by atoms with Crippen LogP contribution in [0.4, 0.5) is 5.13 Å². The van der Waals surface area contributed by atoms with Gasteiger partial charge in [-0.1, -0.05) is 41.7 Å². The van der Waals surface area contributed by atoms with E-state index in [9.17, 15) is 4.79 Å². The van der Waals surface area contributed by atoms with E-state index >= 15 is 0 Å². The van der Waals surface area contributed by atoms with Gasteiger partial charge in [0.05, 0.1) is 30.2 Å². The lowest BCUT2D eigenvalue weighted by Gasteiger charge is -2.05. The molecule has 0 unspecified atom stereocenters. The molecule has 0 bridgehead atoms. The van der Waals surface area contributed by atoms with E-state index in [1.165, 1.54) is 16.9 Å². The van der Waals surface area contributed by atoms with Gasteiger partial charge in [0.1, 0.15) is 0 Å². The van der Waals surface area contributed by atoms with Gasteiger partial charge in [0.2, 0.25) is 5.91 Å². The number of anilines is 1. The van der Waals surface area contributed by atoms with Crippen LogP contribution in [0.15, 0.2) is 42.5 Å². The van der Waals surface area contributed by atoms with E-state index in [-0.39, 0.29) is 5.91 Å². The topological polar surface area (TPSA) is 60.5 Å². The van der Waals surface area contributed by atoms with Gasteiger partial charge in [-0.15, -0.1) is 11.8 Å². The Morgan fingerprint density at radius 2 is 1.88 bits per heavy atom. The highest BCUT2D eigenvalue weighted by Gasteiger charge is 2.12. The van der Waals surface area contributed by atoms with E-state index < -0.39 is 0 Å². The molecule has 130 valence electrons. The Labute approximate surface area is 154 Å². The van der Waals surface area contributed by atoms with E-state index in [4.69, 9.17) is 9.47 Å². The highest BCUT2D eigenvalue weighted by atomic mass is 32.2. The van der Waals surface area contributed by atoms with Crippen molar-refractivity contribution in [1.82, 2.24) is 4.98 Å². The van der Waals surface area contributed by atoms with Crippen molar-refractivity contribution < 1.29 is 14.3 Å². The minimum Gasteiger partial charge on any atom is -0.493 e. The molecule has 0 aliphatic carbocycles. The fourth-order valence-corrected chi connectivity index (χ4v) is 3.98. The molecule has 1 aromatic heterocycles. The molecule has 0 saturated carbocycles. The zero-order chi connectivity index (χ0) is 17.6. The Hall–Kier alpha value is -2.25. The highest BCUT2D eigenvalue weighted by Crippen LogP contribution is 2.36. The number of amides is 1. The van der Waals surface area contributed by atoms with Crippen molar-refractivity contribution in [2.45, 2.75) is 5.75 Å². The monoisotopic (exact) mass is 374 g/mol. The van der Waals surface area contributed by atoms with E-state index in [0.717, 1.165) is 16.0 Å². The quantitative estimate of drug-likeness (QED) is 0.672. The van der Waals surface area contributed by atoms with Crippen LogP contribution in [-0.2, 0) is 10.5 Å². The molecule has 25 heavy (non-hydrogen) atoms. The molecule has 1 amide bonds. The van der Waals surface area contributed by atoms with Crippen molar-refractivity contribution >= 4 is 44.4 Å². The van der Waals surface area contributed by atoms with Gasteiger partial charge in [0.25, 0.3) is 0 Å². The first-order chi connectivity index (χ1) is 12.2. The summed E-state index contributed by atoms with van der Waals surface area (Å²) in [6.45, 7) is 0. The first-order valence-electron chi connectivity index (χ1n) is 7.63. The lowest BCUT2D eigenvalue weighted by molar-refractivity contribution is -0.113. The van der Waals surface area contributed by atoms with E-state index in [1.807, 2.05) is 30.3 Å². The second kappa shape index (κ2) is 8.22. The first-order valence-corrected chi connectivity index (χ1v) is 9.61. The van der Waals surface area contributed by atoms with Crippen molar-refractivity contribution in [2.24, 2.45) is 0 Å². The summed E-state index contributed by atoms with van der Waals surface area (Å²) in [7, 11) is 3.18. The Balaban J connectivity index is 1.61. The maximum atomic E-state index is 12.1. The van der Waals surface area contributed by atoms with Crippen LogP contribution in [0, 0.1) is 0 Å². The third kappa shape index (κ3) is 4.43. The van der Waals surface area contributed by atoms with E-state index in [1.54, 1.807) is 26.0 Å². The number of hydrogen-bond donors (Lipinski definition) is 1. The molecule has 0 spiro atoms. The summed E-state index contributed by atoms with van der Waals surface area (Å²) in [5.74, 6) is 2.41. The number of carbonyl (C=O) groups is 1. The molecular weight excluding hydrogens is 356 g/mol. The largest absolute Gasteiger partial charge is 0.493 e. The lowest BCUT2D eigenvalue weighted by Crippen LogP contribution is -2.13. The Kier molecular flexibility index (Phi) is 5.78. The highest BCUT2D eigenvalue weighted by molar-refractivity contribution is 7.99. The van der Waals surface area contributed by atoms with Crippen molar-refractivity contribution in [3.8, 4) is 11.5 Å². The predicted octanol–water partition coefficient (Wildman–Crippen LogP) is 4.19. The SMILES string of the molecule is COc1cc2nc(NC(=O)CSCc3ccccc3)sc2cc1OC. The average molecular weight is 374 g/mol. The number of nitrogens with one attached hydrogen (secondary N) is 1. The molecule has 1 heterocycles. The van der Waals surface area contributed by atoms with Crippen LogP contribution in [0.25, 0.3) is 10.2 Å². The number of ether oxygens (including phenoxy) is 2. The lowest BCUT2D eigenvalue weighted by atomic mass is 10.2. The molecule has 1 N–H and O–H groups in total. The standard InChI is InChI=1S/C18H18N2O3S2/c1-22-14-8-13-16(9-15(14)23-2)25-18(19-13)20-17(21)11-24-10-12-6-4-3-5-7-12/h3-9H,10-11H2,1-2H3,(H,19,20,21). The maximum Gasteiger partial charge on any atom is 0.236 e. The molecule has 3 rings (SSSR count). The van der Waals surface area contributed by atoms with Crippen LogP contribution in [0.3, 0.4) is 0 Å². The second-order valence-corrected chi connectivity index (χ2v) is 7.24. The van der Waals surface area contributed by atoms with Gasteiger partial charge in [-0.05, 0) is 5.56 Å². The third-order valence-electron chi connectivity index (χ3n) is 3.48. The van der Waals surface area contributed by atoms with Gasteiger partial charge in [-0.2, -0.15) is 0 Å². The van der Waals surface area contributed by atoms with Crippen LogP contribution in [0.2, 0.25) is 0 Å². The molecule has 0 fully saturated rings. The van der Waals surface area contributed by atoms with Gasteiger partial charge < -0.3 is 14.8 Å². The number of nitrogens with zero attached hydrogens (tertiary/aromatic N) is 1. The first kappa shape index (κ1) is 17.6. The number of carbonyl (C=O) groups excluding carboxylic acids is 1. The fraction of sp³-hybridized carbons (Fsp3) is 0.222. The molecule has 2 aromatic carbocycles. The summed E-state index contributed by atoms with van der Waals surface area (Å²) in [6.07, 6.45) is 0. The smallest absolute Gasteiger partial charge is 0.236 e. The Morgan fingerprint density at radius 3 is 2.60 bits per heavy atom. The zero-order valence-electron chi connectivity index (χ0n) is 13.9. The van der Waals surface area contributed by atoms with Crippen molar-refractivity contribution in [2.75, 3.05) is 25.3 Å². The normalized spacial score (nSPS) is 10.6. The van der Waals surface area contributed by atoms with Crippen LogP contribution in [0.1, 0.15) is 5.56 Å². The number of thiazole rings is 1. The van der Waals surface area contributed by atoms with Gasteiger partial charge in [0.15, 0.2) is 16.6 Å². The number of fused-ring (bicyclic) bond motifs is 1. The van der Waals surface area contributed by atoms with Crippen LogP contribution >= 0.6 is 23.1 Å². The second-order valence-electron chi connectivity index (χ2n) is 5.22. The molecular formula is C18H18N2O3S2. The van der Waals surface area contributed by atoms with Gasteiger partial charge in [0, 0.05) is 17.9 Å². The zero-order valence-corrected chi connectivity index (χ0v) is 15.6. The maximum absolute atomic E-state index is 12.1. The summed E-state index contributed by atoms with van der Waals surface area (Å²) >= 11 is 2.99. The van der Waals surface area contributed by atoms with E-state index in [0.29, 0.717) is 22.4 Å². The van der Waals surface area contributed by atoms with Gasteiger partial charge in [-0.3, -0.25) is 4.79 Å². The van der Waals surface area contributed by atoms with Gasteiger partial charge in [-0.25, -0.2) is 4.98 Å². The van der Waals surface area contributed by atoms with Crippen LogP contribution in [-0.4, -0.2) is 30.9 Å². The fourth-order valence-electron chi connectivity index (χ4n) is 2.30. The summed E-state index contributed by atoms with van der Waals surface area (Å²) in [5.41, 5.74) is 1.98. The minimum absolute atomic E-state index is 0.0566. The number of aromatic nitrogens is 1. The third-order valence-corrected chi connectivity index (χ3v) is 5.42. The molecule has 0 aliphatic rings. The molecule has 3 aromatic rings. The number of benzene rings is 2. The average Bonchev–Trinajstić information content (AvgIpc) is 3.02. The van der Waals surface area contributed by atoms with E-state index in [2.05, 4.69) is 22.4 Å². The molecule has 0 radical (unpaired) electrons. The summed E-state index contributed by atoms with van der Waals surface area (Å²) in [5, 5.41) is 3.44. The summed E-state index contributed by atoms with van der Waals surface area (Å²) in [4.78, 5) is 16.6. The number of thioether (sulfide) groups is 1. The molecule has 5 nitrogen and oxygen atoms in total. The predicted molar refractivity (Wildman–Crippen MR) is 104 cm³/mol.